The monoisotopic (exact) mass is 940 g/mol. The number of carbonyl (C=O) groups excluding carboxylic acids is 4. The number of aromatic hydroxyl groups is 2. The fourth-order valence-corrected chi connectivity index (χ4v) is 14.3. The van der Waals surface area contributed by atoms with Gasteiger partial charge in [0.1, 0.15) is 22.6 Å². The number of benzene rings is 2. The van der Waals surface area contributed by atoms with Gasteiger partial charge >= 0.3 is 12.3 Å². The Morgan fingerprint density at radius 3 is 2.06 bits per heavy atom. The maximum absolute atomic E-state index is 14.2. The molecule has 1 spiro atoms. The lowest BCUT2D eigenvalue weighted by atomic mass is 9.48. The Kier molecular flexibility index (Phi) is 10.9. The molecular formula is C53H68N2O13. The van der Waals surface area contributed by atoms with Crippen molar-refractivity contribution < 1.29 is 62.5 Å². The number of Topliss-reactive ketones (excluding diaryl/α,β-unsaturated/α-hetero) is 2. The molecule has 0 aromatic heterocycles. The molecule has 6 fully saturated rings. The highest BCUT2D eigenvalue weighted by atomic mass is 16.7. The summed E-state index contributed by atoms with van der Waals surface area (Å²) in [7, 11) is 1.53. The van der Waals surface area contributed by atoms with Crippen molar-refractivity contribution in [3.8, 4) is 23.0 Å². The smallest absolute Gasteiger partial charge is 0.504 e. The summed E-state index contributed by atoms with van der Waals surface area (Å²) in [4.78, 5) is 60.2. The molecule has 2 saturated heterocycles. The lowest BCUT2D eigenvalue weighted by Crippen LogP contribution is -2.77. The highest BCUT2D eigenvalue weighted by Crippen LogP contribution is 2.67. The van der Waals surface area contributed by atoms with Gasteiger partial charge in [-0.2, -0.15) is 0 Å². The number of hydrogen-bond acceptors (Lipinski definition) is 15. The predicted molar refractivity (Wildman–Crippen MR) is 245 cm³/mol. The van der Waals surface area contributed by atoms with Crippen molar-refractivity contribution >= 4 is 23.9 Å². The Hall–Kier alpha value is -4.60. The van der Waals surface area contributed by atoms with Gasteiger partial charge in [0, 0.05) is 61.7 Å². The van der Waals surface area contributed by atoms with Crippen LogP contribution in [-0.4, -0.2) is 131 Å². The minimum Gasteiger partial charge on any atom is -0.504 e. The first kappa shape index (κ1) is 45.8. The maximum Gasteiger partial charge on any atom is 0.509 e. The Bertz CT molecular complexity index is 2410. The van der Waals surface area contributed by atoms with Crippen LogP contribution in [0.4, 0.5) is 9.59 Å². The van der Waals surface area contributed by atoms with Crippen LogP contribution in [0.2, 0.25) is 0 Å². The topological polar surface area (TPSA) is 180 Å². The van der Waals surface area contributed by atoms with Crippen LogP contribution >= 0.6 is 0 Å². The van der Waals surface area contributed by atoms with E-state index >= 15 is 0 Å². The third-order valence-corrected chi connectivity index (χ3v) is 17.9. The molecule has 0 radical (unpaired) electrons. The molecule has 4 bridgehead atoms. The second-order valence-electron chi connectivity index (χ2n) is 23.0. The number of phenolic OH excluding ortho intramolecular Hbond substituents is 2. The Morgan fingerprint density at radius 1 is 0.750 bits per heavy atom. The summed E-state index contributed by atoms with van der Waals surface area (Å²) < 4.78 is 43.9. The van der Waals surface area contributed by atoms with E-state index in [0.717, 1.165) is 48.4 Å². The SMILES string of the molecule is COc1c(O)ccc2c1[C@]13CCN(CC4CC4)[C@H](C2)[C@]1(OC(=O)OCCC(C)(C)OCCC(C)(C)OC(=O)O[C@@]12CCC(=O)[C@@H]4Oc5c(O)ccc6c5[C@@]41CCN(CC1CC1)[C@@H]2C6)CCC(=O)C3. The van der Waals surface area contributed by atoms with E-state index in [2.05, 4.69) is 9.80 Å². The normalized spacial score (nSPS) is 32.6. The van der Waals surface area contributed by atoms with Crippen LogP contribution in [0.25, 0.3) is 0 Å². The van der Waals surface area contributed by atoms with Crippen LogP contribution in [0.5, 0.6) is 23.0 Å². The standard InChI is InChI=1S/C53H68N2O13/c1-48(2,20-24-63-46(60)67-52-16-14-35(56)28-50(52)18-22-54(29-31-6-7-31)39(52)26-33-10-12-36(57)43(62-5)41(33)50)64-25-21-49(3,4)66-47(61)68-53-17-15-38(59)45-51(53)19-23-55(30-32-8-9-32)40(53)27-34-11-13-37(58)44(65-45)42(34)51/h10-13,31-32,39-40,45,57-58H,6-9,14-30H2,1-5H3/t39-,40-,45+,50-,51+,52-,53-/m1/s1. The minimum absolute atomic E-state index is 0.0000410. The van der Waals surface area contributed by atoms with Crippen molar-refractivity contribution in [3.05, 3.63) is 46.5 Å². The molecule has 3 aliphatic heterocycles. The van der Waals surface area contributed by atoms with Crippen LogP contribution in [0, 0.1) is 11.8 Å². The van der Waals surface area contributed by atoms with Crippen molar-refractivity contribution in [2.75, 3.05) is 46.5 Å². The van der Waals surface area contributed by atoms with Gasteiger partial charge in [-0.15, -0.1) is 0 Å². The highest BCUT2D eigenvalue weighted by Gasteiger charge is 2.76. The molecule has 68 heavy (non-hydrogen) atoms. The molecule has 2 aromatic rings. The number of ether oxygens (including phenoxy) is 7. The Balaban J connectivity index is 0.737. The van der Waals surface area contributed by atoms with E-state index in [1.165, 1.54) is 32.8 Å². The van der Waals surface area contributed by atoms with Gasteiger partial charge in [0.2, 0.25) is 0 Å². The van der Waals surface area contributed by atoms with Crippen LogP contribution in [0.15, 0.2) is 24.3 Å². The number of fused-ring (bicyclic) bond motifs is 1. The molecule has 11 rings (SSSR count). The van der Waals surface area contributed by atoms with Crippen LogP contribution in [0.1, 0.15) is 133 Å². The maximum atomic E-state index is 14.2. The number of hydrogen-bond donors (Lipinski definition) is 2. The lowest BCUT2D eigenvalue weighted by molar-refractivity contribution is -0.202. The Labute approximate surface area is 398 Å². The summed E-state index contributed by atoms with van der Waals surface area (Å²) >= 11 is 0. The number of methoxy groups -OCH3 is 1. The summed E-state index contributed by atoms with van der Waals surface area (Å²) in [5.74, 6) is 1.96. The Morgan fingerprint density at radius 2 is 1.37 bits per heavy atom. The number of piperidine rings is 2. The van der Waals surface area contributed by atoms with Gasteiger partial charge in [-0.25, -0.2) is 9.59 Å². The van der Waals surface area contributed by atoms with E-state index in [-0.39, 0.29) is 67.6 Å². The van der Waals surface area contributed by atoms with E-state index in [9.17, 15) is 29.4 Å². The van der Waals surface area contributed by atoms with Crippen molar-refractivity contribution in [2.24, 2.45) is 11.8 Å². The van der Waals surface area contributed by atoms with Crippen LogP contribution < -0.4 is 9.47 Å². The summed E-state index contributed by atoms with van der Waals surface area (Å²) in [6, 6.07) is 6.82. The van der Waals surface area contributed by atoms with Crippen molar-refractivity contribution in [3.63, 3.8) is 0 Å². The van der Waals surface area contributed by atoms with Gasteiger partial charge in [0.15, 0.2) is 34.9 Å². The van der Waals surface area contributed by atoms with Crippen LogP contribution in [0.3, 0.4) is 0 Å². The van der Waals surface area contributed by atoms with E-state index < -0.39 is 51.6 Å². The number of phenols is 2. The zero-order valence-corrected chi connectivity index (χ0v) is 40.3. The van der Waals surface area contributed by atoms with Crippen molar-refractivity contribution in [1.82, 2.24) is 9.80 Å². The molecule has 3 heterocycles. The third-order valence-electron chi connectivity index (χ3n) is 17.9. The number of rotatable bonds is 15. The number of ketones is 2. The second kappa shape index (κ2) is 16.2. The summed E-state index contributed by atoms with van der Waals surface area (Å²) in [6.45, 7) is 11.1. The fraction of sp³-hybridized carbons (Fsp3) is 0.698. The summed E-state index contributed by atoms with van der Waals surface area (Å²) in [5.41, 5.74) is -2.04. The fourth-order valence-electron chi connectivity index (χ4n) is 14.3. The van der Waals surface area contributed by atoms with Gasteiger partial charge in [0.25, 0.3) is 0 Å². The first-order valence-corrected chi connectivity index (χ1v) is 25.3. The largest absolute Gasteiger partial charge is 0.509 e. The van der Waals surface area contributed by atoms with Gasteiger partial charge < -0.3 is 43.4 Å². The molecule has 2 N–H and O–H groups in total. The van der Waals surface area contributed by atoms with Gasteiger partial charge in [-0.05, 0) is 140 Å². The first-order chi connectivity index (χ1) is 32.4. The molecule has 0 unspecified atom stereocenters. The van der Waals surface area contributed by atoms with E-state index in [4.69, 9.17) is 33.2 Å². The van der Waals surface area contributed by atoms with E-state index in [0.29, 0.717) is 74.7 Å². The van der Waals surface area contributed by atoms with E-state index in [1.54, 1.807) is 12.1 Å². The summed E-state index contributed by atoms with van der Waals surface area (Å²) in [6.07, 6.45) is 6.72. The molecule has 4 saturated carbocycles. The number of carbonyl (C=O) groups is 4. The predicted octanol–water partition coefficient (Wildman–Crippen LogP) is 7.38. The molecule has 15 nitrogen and oxygen atoms in total. The molecule has 2 aromatic carbocycles. The van der Waals surface area contributed by atoms with Crippen molar-refractivity contribution in [1.29, 1.82) is 0 Å². The van der Waals surface area contributed by atoms with Gasteiger partial charge in [-0.1, -0.05) is 12.1 Å². The minimum atomic E-state index is -1.09. The second-order valence-corrected chi connectivity index (χ2v) is 23.0. The summed E-state index contributed by atoms with van der Waals surface area (Å²) in [5, 5.41) is 22.0. The number of nitrogens with zero attached hydrogens (tertiary/aromatic N) is 2. The molecule has 9 aliphatic rings. The quantitative estimate of drug-likeness (QED) is 0.169. The zero-order chi connectivity index (χ0) is 47.6. The van der Waals surface area contributed by atoms with Crippen molar-refractivity contribution in [2.45, 2.75) is 175 Å². The molecule has 368 valence electrons. The third kappa shape index (κ3) is 7.20. The van der Waals surface area contributed by atoms with Gasteiger partial charge in [-0.3, -0.25) is 19.4 Å². The zero-order valence-electron chi connectivity index (χ0n) is 40.3. The van der Waals surface area contributed by atoms with Gasteiger partial charge in [0.05, 0.1) is 43.4 Å². The van der Waals surface area contributed by atoms with E-state index in [1.807, 2.05) is 39.8 Å². The lowest BCUT2D eigenvalue weighted by Gasteiger charge is -2.64. The molecule has 15 heteroatoms. The molecule has 6 aliphatic carbocycles. The molecular weight excluding hydrogens is 873 g/mol. The average molecular weight is 941 g/mol. The number of likely N-dealkylation sites (tertiary alicyclic amines) is 2. The first-order valence-electron chi connectivity index (χ1n) is 25.3. The molecule has 0 amide bonds. The van der Waals surface area contributed by atoms with Crippen LogP contribution in [-0.2, 0) is 56.9 Å². The average Bonchev–Trinajstić information content (AvgIpc) is 4.22. The molecule has 7 atom stereocenters. The highest BCUT2D eigenvalue weighted by molar-refractivity contribution is 5.90.